The zero-order valence-electron chi connectivity index (χ0n) is 19.3. The number of guanidine groups is 1. The SMILES string of the molecule is CC(C)Oc1ccccc1Nc1cccc([C@]2(C)CC(=O)N(C3CCOCC3)C(=N)N2)c1Cl. The zero-order valence-corrected chi connectivity index (χ0v) is 20.0. The Labute approximate surface area is 199 Å². The fraction of sp³-hybridized carbons (Fsp3) is 0.440. The molecule has 0 radical (unpaired) electrons. The Hall–Kier alpha value is -2.77. The van der Waals surface area contributed by atoms with Gasteiger partial charge in [0, 0.05) is 19.3 Å². The number of ether oxygens (including phenoxy) is 2. The number of carbonyl (C=O) groups is 1. The van der Waals surface area contributed by atoms with Crippen molar-refractivity contribution in [3.63, 3.8) is 0 Å². The van der Waals surface area contributed by atoms with Gasteiger partial charge in [0.05, 0.1) is 34.5 Å². The summed E-state index contributed by atoms with van der Waals surface area (Å²) in [6.45, 7) is 7.10. The molecule has 2 saturated heterocycles. The van der Waals surface area contributed by atoms with Crippen LogP contribution in [0, 0.1) is 5.41 Å². The van der Waals surface area contributed by atoms with E-state index in [-0.39, 0.29) is 30.4 Å². The van der Waals surface area contributed by atoms with E-state index in [1.165, 1.54) is 0 Å². The second-order valence-electron chi connectivity index (χ2n) is 9.04. The molecule has 2 aromatic rings. The van der Waals surface area contributed by atoms with Crippen LogP contribution in [0.25, 0.3) is 0 Å². The number of amides is 1. The van der Waals surface area contributed by atoms with Crippen LogP contribution >= 0.6 is 11.6 Å². The van der Waals surface area contributed by atoms with Gasteiger partial charge in [0.1, 0.15) is 5.75 Å². The number of rotatable bonds is 6. The average molecular weight is 471 g/mol. The van der Waals surface area contributed by atoms with Crippen LogP contribution in [0.3, 0.4) is 0 Å². The molecule has 33 heavy (non-hydrogen) atoms. The Balaban J connectivity index is 1.59. The van der Waals surface area contributed by atoms with Gasteiger partial charge in [-0.1, -0.05) is 35.9 Å². The zero-order chi connectivity index (χ0) is 23.6. The van der Waals surface area contributed by atoms with Gasteiger partial charge in [-0.15, -0.1) is 0 Å². The second kappa shape index (κ2) is 9.61. The molecule has 1 atom stereocenters. The highest BCUT2D eigenvalue weighted by molar-refractivity contribution is 6.34. The van der Waals surface area contributed by atoms with Gasteiger partial charge in [-0.25, -0.2) is 0 Å². The quantitative estimate of drug-likeness (QED) is 0.551. The van der Waals surface area contributed by atoms with Gasteiger partial charge < -0.3 is 20.1 Å². The predicted octanol–water partition coefficient (Wildman–Crippen LogP) is 5.02. The van der Waals surface area contributed by atoms with E-state index in [0.717, 1.165) is 29.8 Å². The molecule has 2 aromatic carbocycles. The number of carbonyl (C=O) groups excluding carboxylic acids is 1. The van der Waals surface area contributed by atoms with Gasteiger partial charge in [0.15, 0.2) is 5.96 Å². The van der Waals surface area contributed by atoms with Crippen LogP contribution < -0.4 is 15.4 Å². The third-order valence-electron chi connectivity index (χ3n) is 6.08. The monoisotopic (exact) mass is 470 g/mol. The van der Waals surface area contributed by atoms with Crippen LogP contribution in [0.1, 0.15) is 45.6 Å². The number of benzene rings is 2. The van der Waals surface area contributed by atoms with E-state index in [2.05, 4.69) is 10.6 Å². The highest BCUT2D eigenvalue weighted by Crippen LogP contribution is 2.40. The van der Waals surface area contributed by atoms with Crippen molar-refractivity contribution in [3.8, 4) is 5.75 Å². The molecule has 0 bridgehead atoms. The third kappa shape index (κ3) is 4.94. The maximum absolute atomic E-state index is 13.2. The molecule has 2 heterocycles. The fourth-order valence-electron chi connectivity index (χ4n) is 4.50. The predicted molar refractivity (Wildman–Crippen MR) is 130 cm³/mol. The topological polar surface area (TPSA) is 86.7 Å². The van der Waals surface area contributed by atoms with Crippen LogP contribution in [0.5, 0.6) is 5.75 Å². The molecule has 2 fully saturated rings. The molecule has 7 nitrogen and oxygen atoms in total. The summed E-state index contributed by atoms with van der Waals surface area (Å²) in [6, 6.07) is 13.4. The lowest BCUT2D eigenvalue weighted by atomic mass is 9.85. The highest BCUT2D eigenvalue weighted by atomic mass is 35.5. The molecular weight excluding hydrogens is 440 g/mol. The summed E-state index contributed by atoms with van der Waals surface area (Å²) < 4.78 is 11.3. The summed E-state index contributed by atoms with van der Waals surface area (Å²) in [5.74, 6) is 0.782. The number of halogens is 1. The molecular formula is C25H31ClN4O3. The van der Waals surface area contributed by atoms with Crippen LogP contribution in [-0.4, -0.2) is 42.1 Å². The summed E-state index contributed by atoms with van der Waals surface area (Å²) in [6.07, 6.45) is 1.73. The molecule has 1 amide bonds. The second-order valence-corrected chi connectivity index (χ2v) is 9.42. The van der Waals surface area contributed by atoms with Crippen molar-refractivity contribution < 1.29 is 14.3 Å². The number of anilines is 2. The maximum atomic E-state index is 13.2. The Bertz CT molecular complexity index is 1020. The van der Waals surface area contributed by atoms with Crippen LogP contribution in [0.15, 0.2) is 42.5 Å². The van der Waals surface area contributed by atoms with Crippen molar-refractivity contribution in [3.05, 3.63) is 53.1 Å². The normalized spacial score (nSPS) is 21.8. The standard InChI is InChI=1S/C25H31ClN4O3/c1-16(2)33-21-10-5-4-8-19(21)28-20-9-6-7-18(23(20)26)25(3)15-22(31)30(24(27)29-25)17-11-13-32-14-12-17/h4-10,16-17,28H,11-15H2,1-3H3,(H2,27,29)/t25-/m0/s1. The summed E-state index contributed by atoms with van der Waals surface area (Å²) in [4.78, 5) is 14.7. The molecule has 0 aromatic heterocycles. The first kappa shape index (κ1) is 23.4. The van der Waals surface area contributed by atoms with E-state index >= 15 is 0 Å². The Morgan fingerprint density at radius 3 is 2.58 bits per heavy atom. The van der Waals surface area contributed by atoms with Crippen LogP contribution in [0.4, 0.5) is 11.4 Å². The van der Waals surface area contributed by atoms with Crippen LogP contribution in [0.2, 0.25) is 5.02 Å². The first-order chi connectivity index (χ1) is 15.8. The minimum Gasteiger partial charge on any atom is -0.489 e. The molecule has 0 aliphatic carbocycles. The summed E-state index contributed by atoms with van der Waals surface area (Å²) in [5, 5.41) is 15.7. The number of hydrogen-bond donors (Lipinski definition) is 3. The van der Waals surface area contributed by atoms with Crippen molar-refractivity contribution in [1.82, 2.24) is 10.2 Å². The molecule has 2 aliphatic heterocycles. The van der Waals surface area contributed by atoms with Crippen molar-refractivity contribution in [2.24, 2.45) is 0 Å². The molecule has 176 valence electrons. The number of para-hydroxylation sites is 2. The minimum absolute atomic E-state index is 0.00303. The first-order valence-corrected chi connectivity index (χ1v) is 11.7. The van der Waals surface area contributed by atoms with Gasteiger partial charge in [-0.3, -0.25) is 15.1 Å². The number of nitrogens with zero attached hydrogens (tertiary/aromatic N) is 1. The molecule has 3 N–H and O–H groups in total. The van der Waals surface area contributed by atoms with Gasteiger partial charge in [0.2, 0.25) is 5.91 Å². The third-order valence-corrected chi connectivity index (χ3v) is 6.48. The molecule has 0 spiro atoms. The highest BCUT2D eigenvalue weighted by Gasteiger charge is 2.43. The van der Waals surface area contributed by atoms with E-state index < -0.39 is 5.54 Å². The molecule has 2 aliphatic rings. The smallest absolute Gasteiger partial charge is 0.232 e. The largest absolute Gasteiger partial charge is 0.489 e. The van der Waals surface area contributed by atoms with E-state index in [1.807, 2.05) is 63.2 Å². The van der Waals surface area contributed by atoms with Crippen molar-refractivity contribution in [1.29, 1.82) is 5.41 Å². The molecule has 8 heteroatoms. The van der Waals surface area contributed by atoms with Gasteiger partial charge >= 0.3 is 0 Å². The van der Waals surface area contributed by atoms with Gasteiger partial charge in [-0.05, 0) is 57.4 Å². The van der Waals surface area contributed by atoms with Gasteiger partial charge in [0.25, 0.3) is 0 Å². The molecule has 0 saturated carbocycles. The Morgan fingerprint density at radius 1 is 1.18 bits per heavy atom. The molecule has 4 rings (SSSR count). The number of nitrogens with one attached hydrogen (secondary N) is 3. The van der Waals surface area contributed by atoms with E-state index in [9.17, 15) is 4.79 Å². The maximum Gasteiger partial charge on any atom is 0.232 e. The van der Waals surface area contributed by atoms with Gasteiger partial charge in [-0.2, -0.15) is 0 Å². The van der Waals surface area contributed by atoms with E-state index in [1.54, 1.807) is 4.90 Å². The van der Waals surface area contributed by atoms with Crippen molar-refractivity contribution in [2.45, 2.75) is 57.7 Å². The average Bonchev–Trinajstić information content (AvgIpc) is 2.76. The van der Waals surface area contributed by atoms with Crippen LogP contribution in [-0.2, 0) is 15.1 Å². The lowest BCUT2D eigenvalue weighted by Gasteiger charge is -2.45. The summed E-state index contributed by atoms with van der Waals surface area (Å²) >= 11 is 6.87. The lowest BCUT2D eigenvalue weighted by Crippen LogP contribution is -2.62. The fourth-order valence-corrected chi connectivity index (χ4v) is 4.88. The van der Waals surface area contributed by atoms with Crippen molar-refractivity contribution in [2.75, 3.05) is 18.5 Å². The van der Waals surface area contributed by atoms with E-state index in [4.69, 9.17) is 26.5 Å². The minimum atomic E-state index is -0.793. The van der Waals surface area contributed by atoms with E-state index in [0.29, 0.717) is 23.9 Å². The Morgan fingerprint density at radius 2 is 1.88 bits per heavy atom. The first-order valence-electron chi connectivity index (χ1n) is 11.4. The molecule has 0 unspecified atom stereocenters. The summed E-state index contributed by atoms with van der Waals surface area (Å²) in [7, 11) is 0. The summed E-state index contributed by atoms with van der Waals surface area (Å²) in [5.41, 5.74) is 1.49. The lowest BCUT2D eigenvalue weighted by molar-refractivity contribution is -0.133. The Kier molecular flexibility index (Phi) is 6.81. The van der Waals surface area contributed by atoms with Crippen molar-refractivity contribution >= 4 is 34.8 Å². The number of hydrogen-bond acceptors (Lipinski definition) is 5.